The molecule has 2 saturated heterocycles. The second-order valence-electron chi connectivity index (χ2n) is 9.91. The molecule has 0 spiro atoms. The van der Waals surface area contributed by atoms with Crippen LogP contribution in [0.1, 0.15) is 56.7 Å². The van der Waals surface area contributed by atoms with Crippen LogP contribution in [0.25, 0.3) is 0 Å². The van der Waals surface area contributed by atoms with Crippen LogP contribution in [0.2, 0.25) is 0 Å². The van der Waals surface area contributed by atoms with Crippen LogP contribution in [0.3, 0.4) is 0 Å². The number of piperazine rings is 1. The summed E-state index contributed by atoms with van der Waals surface area (Å²) in [6.45, 7) is 15.1. The first-order valence-corrected chi connectivity index (χ1v) is 12.9. The van der Waals surface area contributed by atoms with E-state index in [1.54, 1.807) is 0 Å². The molecule has 4 heteroatoms. The highest BCUT2D eigenvalue weighted by Gasteiger charge is 2.40. The zero-order valence-corrected chi connectivity index (χ0v) is 20.7. The molecule has 0 aromatic heterocycles. The molecule has 0 N–H and O–H groups in total. The third-order valence-corrected chi connectivity index (χ3v) is 7.80. The molecule has 4 rings (SSSR count). The first-order valence-electron chi connectivity index (χ1n) is 12.9. The molecule has 2 bridgehead atoms. The lowest BCUT2D eigenvalue weighted by molar-refractivity contribution is -0.133. The van der Waals surface area contributed by atoms with Gasteiger partial charge in [0.05, 0.1) is 12.0 Å². The van der Waals surface area contributed by atoms with Gasteiger partial charge in [-0.25, -0.2) is 0 Å². The van der Waals surface area contributed by atoms with Gasteiger partial charge < -0.3 is 4.90 Å². The van der Waals surface area contributed by atoms with Crippen molar-refractivity contribution in [3.63, 3.8) is 0 Å². The van der Waals surface area contributed by atoms with Crippen LogP contribution in [0.15, 0.2) is 60.7 Å². The number of piperidine rings is 1. The van der Waals surface area contributed by atoms with Gasteiger partial charge in [-0.2, -0.15) is 0 Å². The average molecular weight is 448 g/mol. The molecule has 2 heterocycles. The van der Waals surface area contributed by atoms with Crippen LogP contribution < -0.4 is 0 Å². The lowest BCUT2D eigenvalue weighted by atomic mass is 9.85. The molecule has 3 aliphatic rings. The minimum Gasteiger partial charge on any atom is -0.343 e. The van der Waals surface area contributed by atoms with Gasteiger partial charge in [0.2, 0.25) is 5.91 Å². The molecule has 2 fully saturated rings. The minimum atomic E-state index is -0.0318. The molecule has 1 aromatic carbocycles. The van der Waals surface area contributed by atoms with E-state index in [0.29, 0.717) is 12.1 Å². The quantitative estimate of drug-likeness (QED) is 0.517. The molecular weight excluding hydrogens is 406 g/mol. The van der Waals surface area contributed by atoms with E-state index in [0.717, 1.165) is 39.1 Å². The Hall–Kier alpha value is -2.17. The van der Waals surface area contributed by atoms with Gasteiger partial charge in [0, 0.05) is 44.8 Å². The number of rotatable bonds is 8. The molecule has 0 saturated carbocycles. The number of amides is 1. The predicted molar refractivity (Wildman–Crippen MR) is 137 cm³/mol. The van der Waals surface area contributed by atoms with Gasteiger partial charge in [0.15, 0.2) is 0 Å². The largest absolute Gasteiger partial charge is 0.343 e. The first kappa shape index (κ1) is 24.0. The normalized spacial score (nSPS) is 26.5. The number of carbonyl (C=O) groups excluding carboxylic acids is 1. The third-order valence-electron chi connectivity index (χ3n) is 7.80. The van der Waals surface area contributed by atoms with E-state index >= 15 is 0 Å². The Morgan fingerprint density at radius 3 is 2.52 bits per heavy atom. The SMILES string of the molecule is C=CCN1C2CCCC1CN(C(C1=CCC(C(=O)N(CC)CC)C=C1)c1cccc(C)c1)C2. The standard InChI is InChI=1S/C29H41N3O/c1-5-18-32-26-12-9-13-27(32)21-31(20-26)28(25-11-8-10-22(4)19-25)23-14-16-24(17-15-23)29(33)30(6-2)7-3/h5,8,10-11,14-16,19,24,26-28H,1,6-7,9,12-13,17-18,20-21H2,2-4H3. The Morgan fingerprint density at radius 1 is 1.21 bits per heavy atom. The maximum Gasteiger partial charge on any atom is 0.229 e. The Kier molecular flexibility index (Phi) is 7.87. The van der Waals surface area contributed by atoms with E-state index in [1.165, 1.54) is 36.0 Å². The van der Waals surface area contributed by atoms with E-state index in [4.69, 9.17) is 0 Å². The van der Waals surface area contributed by atoms with Crippen molar-refractivity contribution in [1.82, 2.24) is 14.7 Å². The Bertz CT molecular complexity index is 886. The lowest BCUT2D eigenvalue weighted by Gasteiger charge is -2.52. The molecule has 1 aliphatic carbocycles. The fourth-order valence-electron chi connectivity index (χ4n) is 6.13. The molecule has 4 atom stereocenters. The molecule has 4 unspecified atom stereocenters. The maximum absolute atomic E-state index is 12.9. The number of hydrogen-bond acceptors (Lipinski definition) is 3. The number of nitrogens with zero attached hydrogens (tertiary/aromatic N) is 3. The summed E-state index contributed by atoms with van der Waals surface area (Å²) in [7, 11) is 0. The van der Waals surface area contributed by atoms with Crippen LogP contribution in [0.4, 0.5) is 0 Å². The van der Waals surface area contributed by atoms with Crippen molar-refractivity contribution in [3.8, 4) is 0 Å². The van der Waals surface area contributed by atoms with Gasteiger partial charge in [-0.05, 0) is 51.2 Å². The second kappa shape index (κ2) is 10.8. The summed E-state index contributed by atoms with van der Waals surface area (Å²) < 4.78 is 0. The summed E-state index contributed by atoms with van der Waals surface area (Å²) in [5, 5.41) is 0. The molecule has 1 aromatic rings. The number of hydrogen-bond donors (Lipinski definition) is 0. The molecular formula is C29H41N3O. The molecule has 4 nitrogen and oxygen atoms in total. The third kappa shape index (κ3) is 5.17. The number of allylic oxidation sites excluding steroid dienone is 1. The Labute approximate surface area is 200 Å². The van der Waals surface area contributed by atoms with E-state index in [9.17, 15) is 4.79 Å². The first-order chi connectivity index (χ1) is 16.0. The van der Waals surface area contributed by atoms with E-state index in [2.05, 4.69) is 85.7 Å². The Balaban J connectivity index is 1.59. The van der Waals surface area contributed by atoms with Crippen LogP contribution in [-0.4, -0.2) is 65.4 Å². The maximum atomic E-state index is 12.9. The summed E-state index contributed by atoms with van der Waals surface area (Å²) in [6.07, 6.45) is 13.5. The summed E-state index contributed by atoms with van der Waals surface area (Å²) in [5.41, 5.74) is 4.02. The van der Waals surface area contributed by atoms with Crippen molar-refractivity contribution in [2.24, 2.45) is 5.92 Å². The number of aryl methyl sites for hydroxylation is 1. The highest BCUT2D eigenvalue weighted by molar-refractivity contribution is 5.81. The minimum absolute atomic E-state index is 0.0318. The molecule has 1 amide bonds. The predicted octanol–water partition coefficient (Wildman–Crippen LogP) is 5.13. The van der Waals surface area contributed by atoms with Gasteiger partial charge in [-0.3, -0.25) is 14.6 Å². The van der Waals surface area contributed by atoms with E-state index < -0.39 is 0 Å². The number of likely N-dealkylation sites (tertiary alicyclic amines) is 1. The lowest BCUT2D eigenvalue weighted by Crippen LogP contribution is -2.61. The molecule has 0 radical (unpaired) electrons. The summed E-state index contributed by atoms with van der Waals surface area (Å²) in [4.78, 5) is 20.3. The van der Waals surface area contributed by atoms with Crippen molar-refractivity contribution < 1.29 is 4.79 Å². The summed E-state index contributed by atoms with van der Waals surface area (Å²) in [5.74, 6) is 0.224. The summed E-state index contributed by atoms with van der Waals surface area (Å²) in [6, 6.07) is 10.5. The van der Waals surface area contributed by atoms with Gasteiger partial charge in [0.25, 0.3) is 0 Å². The van der Waals surface area contributed by atoms with Crippen molar-refractivity contribution in [2.45, 2.75) is 64.6 Å². The van der Waals surface area contributed by atoms with E-state index in [1.807, 2.05) is 4.90 Å². The van der Waals surface area contributed by atoms with Crippen molar-refractivity contribution >= 4 is 5.91 Å². The van der Waals surface area contributed by atoms with Crippen LogP contribution in [-0.2, 0) is 4.79 Å². The number of carbonyl (C=O) groups is 1. The highest BCUT2D eigenvalue weighted by atomic mass is 16.2. The van der Waals surface area contributed by atoms with E-state index in [-0.39, 0.29) is 17.9 Å². The van der Waals surface area contributed by atoms with Crippen LogP contribution in [0, 0.1) is 12.8 Å². The fourth-order valence-corrected chi connectivity index (χ4v) is 6.13. The smallest absolute Gasteiger partial charge is 0.229 e. The molecule has 2 aliphatic heterocycles. The fraction of sp³-hybridized carbons (Fsp3) is 0.552. The second-order valence-corrected chi connectivity index (χ2v) is 9.91. The van der Waals surface area contributed by atoms with Crippen molar-refractivity contribution in [2.75, 3.05) is 32.7 Å². The summed E-state index contributed by atoms with van der Waals surface area (Å²) >= 11 is 0. The average Bonchev–Trinajstić information content (AvgIpc) is 2.81. The monoisotopic (exact) mass is 447 g/mol. The zero-order chi connectivity index (χ0) is 23.4. The highest BCUT2D eigenvalue weighted by Crippen LogP contribution is 2.38. The van der Waals surface area contributed by atoms with Crippen LogP contribution in [0.5, 0.6) is 0 Å². The number of benzene rings is 1. The van der Waals surface area contributed by atoms with Gasteiger partial charge >= 0.3 is 0 Å². The van der Waals surface area contributed by atoms with Gasteiger partial charge in [0.1, 0.15) is 0 Å². The van der Waals surface area contributed by atoms with Gasteiger partial charge in [-0.1, -0.05) is 60.6 Å². The topological polar surface area (TPSA) is 26.8 Å². The van der Waals surface area contributed by atoms with Crippen molar-refractivity contribution in [3.05, 3.63) is 71.8 Å². The Morgan fingerprint density at radius 2 is 1.94 bits per heavy atom. The van der Waals surface area contributed by atoms with Crippen LogP contribution >= 0.6 is 0 Å². The van der Waals surface area contributed by atoms with Gasteiger partial charge in [-0.15, -0.1) is 6.58 Å². The molecule has 33 heavy (non-hydrogen) atoms. The van der Waals surface area contributed by atoms with Crippen molar-refractivity contribution in [1.29, 1.82) is 0 Å². The zero-order valence-electron chi connectivity index (χ0n) is 20.7. The molecule has 178 valence electrons. The number of fused-ring (bicyclic) bond motifs is 2.